The normalized spacial score (nSPS) is 4.80. The summed E-state index contributed by atoms with van der Waals surface area (Å²) in [7, 11) is 0. The van der Waals surface area contributed by atoms with E-state index < -0.39 is 17.2 Å². The molecule has 1 radical (unpaired) electrons. The first-order valence-corrected chi connectivity index (χ1v) is 4.09. The summed E-state index contributed by atoms with van der Waals surface area (Å²) in [4.78, 5) is 0. The molecule has 0 aromatic rings. The Labute approximate surface area is 56.5 Å². The fraction of sp³-hybridized carbons (Fsp3) is 0. The monoisotopic (exact) mass is 255 g/mol. The van der Waals surface area contributed by atoms with Gasteiger partial charge in [0.25, 0.3) is 0 Å². The Morgan fingerprint density at radius 1 is 1.00 bits per heavy atom. The predicted octanol–water partition coefficient (Wildman–Crippen LogP) is -0.740. The molecule has 0 atom stereocenters. The molecule has 0 bridgehead atoms. The molecule has 0 aliphatic carbocycles. The maximum absolute atomic E-state index is 8.61. The average Bonchev–Trinajstić information content (AvgIpc) is 0.811. The number of hydrogen-bond acceptors (Lipinski definition) is 3. The van der Waals surface area contributed by atoms with Gasteiger partial charge in [-0.2, -0.15) is 0 Å². The van der Waals surface area contributed by atoms with E-state index in [4.69, 9.17) is 10.2 Å². The number of rotatable bonds is 0. The maximum atomic E-state index is 8.61. The molecule has 0 amide bonds. The third kappa shape index (κ3) is 41.0. The zero-order valence-electron chi connectivity index (χ0n) is 2.63. The molecular formula is NaO3W. The van der Waals surface area contributed by atoms with E-state index in [0.717, 1.165) is 0 Å². The fourth-order valence-electron chi connectivity index (χ4n) is 0. The molecule has 0 saturated heterocycles. The molecule has 5 heavy (non-hydrogen) atoms. The molecule has 3 nitrogen and oxygen atoms in total. The Morgan fingerprint density at radius 2 is 1.00 bits per heavy atom. The molecule has 5 heteroatoms. The van der Waals surface area contributed by atoms with Crippen LogP contribution >= 0.6 is 0 Å². The summed E-state index contributed by atoms with van der Waals surface area (Å²) in [5.41, 5.74) is 0. The molecule has 0 saturated carbocycles. The minimum atomic E-state index is -4.28. The molecule has 0 rings (SSSR count). The van der Waals surface area contributed by atoms with E-state index in [0.29, 0.717) is 0 Å². The molecule has 0 aromatic heterocycles. The van der Waals surface area contributed by atoms with E-state index >= 15 is 0 Å². The Hall–Kier alpha value is 1.09. The summed E-state index contributed by atoms with van der Waals surface area (Å²) >= 11 is -4.28. The van der Waals surface area contributed by atoms with Gasteiger partial charge in [0, 0.05) is 29.6 Å². The minimum absolute atomic E-state index is 0. The van der Waals surface area contributed by atoms with Crippen LogP contribution in [0.2, 0.25) is 0 Å². The molecule has 0 aliphatic rings. The van der Waals surface area contributed by atoms with E-state index in [9.17, 15) is 0 Å². The zero-order valence-corrected chi connectivity index (χ0v) is 7.57. The summed E-state index contributed by atoms with van der Waals surface area (Å²) in [5.74, 6) is 0. The standard InChI is InChI=1S/Na.3O.W. The molecular weight excluding hydrogens is 255 g/mol. The third-order valence-electron chi connectivity index (χ3n) is 0. The van der Waals surface area contributed by atoms with Crippen LogP contribution < -0.4 is 0 Å². The molecule has 0 spiro atoms. The van der Waals surface area contributed by atoms with E-state index in [1.165, 1.54) is 0 Å². The molecule has 0 heterocycles. The second kappa shape index (κ2) is 5.09. The summed E-state index contributed by atoms with van der Waals surface area (Å²) in [6, 6.07) is 0. The second-order valence-corrected chi connectivity index (χ2v) is 1.67. The van der Waals surface area contributed by atoms with Crippen LogP contribution in [0, 0.1) is 0 Å². The Kier molecular flexibility index (Phi) is 9.60. The van der Waals surface area contributed by atoms with Crippen molar-refractivity contribution in [2.45, 2.75) is 0 Å². The van der Waals surface area contributed by atoms with E-state index in [2.05, 4.69) is 0 Å². The van der Waals surface area contributed by atoms with Gasteiger partial charge in [0.05, 0.1) is 0 Å². The van der Waals surface area contributed by atoms with Gasteiger partial charge in [0.15, 0.2) is 0 Å². The van der Waals surface area contributed by atoms with Gasteiger partial charge >= 0.3 is 27.4 Å². The Balaban J connectivity index is 0. The van der Waals surface area contributed by atoms with Crippen LogP contribution in [0.5, 0.6) is 0 Å². The van der Waals surface area contributed by atoms with Gasteiger partial charge in [-0.25, -0.2) is 0 Å². The van der Waals surface area contributed by atoms with Crippen molar-refractivity contribution in [1.82, 2.24) is 0 Å². The van der Waals surface area contributed by atoms with Gasteiger partial charge in [-0.3, -0.25) is 0 Å². The summed E-state index contributed by atoms with van der Waals surface area (Å²) in [6.07, 6.45) is 0. The van der Waals surface area contributed by atoms with Crippen LogP contribution in [0.15, 0.2) is 0 Å². The summed E-state index contributed by atoms with van der Waals surface area (Å²) in [5, 5.41) is 0. The van der Waals surface area contributed by atoms with Crippen molar-refractivity contribution >= 4 is 29.6 Å². The summed E-state index contributed by atoms with van der Waals surface area (Å²) < 4.78 is 25.8. The quantitative estimate of drug-likeness (QED) is 0.535. The molecule has 0 fully saturated rings. The predicted molar refractivity (Wildman–Crippen MR) is 7.81 cm³/mol. The van der Waals surface area contributed by atoms with Gasteiger partial charge in [0.2, 0.25) is 0 Å². The van der Waals surface area contributed by atoms with Gasteiger partial charge in [0.1, 0.15) is 0 Å². The molecule has 0 N–H and O–H groups in total. The van der Waals surface area contributed by atoms with Crippen molar-refractivity contribution in [3.63, 3.8) is 0 Å². The zero-order chi connectivity index (χ0) is 3.58. The molecule has 25 valence electrons. The first-order valence-electron chi connectivity index (χ1n) is 0.500. The topological polar surface area (TPSA) is 51.2 Å². The molecule has 0 aliphatic heterocycles. The summed E-state index contributed by atoms with van der Waals surface area (Å²) in [6.45, 7) is 0. The second-order valence-electron chi connectivity index (χ2n) is 0.204. The molecule has 0 aromatic carbocycles. The van der Waals surface area contributed by atoms with Gasteiger partial charge in [-0.1, -0.05) is 0 Å². The van der Waals surface area contributed by atoms with Crippen LogP contribution in [-0.4, -0.2) is 29.6 Å². The van der Waals surface area contributed by atoms with Crippen LogP contribution in [0.3, 0.4) is 0 Å². The van der Waals surface area contributed by atoms with Crippen molar-refractivity contribution in [3.05, 3.63) is 0 Å². The van der Waals surface area contributed by atoms with Crippen molar-refractivity contribution in [2.75, 3.05) is 0 Å². The van der Waals surface area contributed by atoms with Crippen molar-refractivity contribution in [2.24, 2.45) is 0 Å². The van der Waals surface area contributed by atoms with E-state index in [-0.39, 0.29) is 29.6 Å². The van der Waals surface area contributed by atoms with Gasteiger partial charge in [-0.05, 0) is 0 Å². The number of hydrogen-bond donors (Lipinski definition) is 0. The van der Waals surface area contributed by atoms with Gasteiger partial charge < -0.3 is 0 Å². The van der Waals surface area contributed by atoms with Crippen LogP contribution in [-0.2, 0) is 27.4 Å². The third-order valence-corrected chi connectivity index (χ3v) is 0. The average molecular weight is 255 g/mol. The van der Waals surface area contributed by atoms with E-state index in [1.807, 2.05) is 0 Å². The first kappa shape index (κ1) is 9.43. The van der Waals surface area contributed by atoms with Crippen LogP contribution in [0.1, 0.15) is 0 Å². The van der Waals surface area contributed by atoms with Crippen molar-refractivity contribution < 1.29 is 27.4 Å². The Bertz CT molecular complexity index is 76.3. The van der Waals surface area contributed by atoms with Crippen molar-refractivity contribution in [3.8, 4) is 0 Å². The van der Waals surface area contributed by atoms with Gasteiger partial charge in [-0.15, -0.1) is 0 Å². The van der Waals surface area contributed by atoms with Crippen LogP contribution in [0.4, 0.5) is 0 Å². The Morgan fingerprint density at radius 3 is 1.00 bits per heavy atom. The molecule has 0 unspecified atom stereocenters. The van der Waals surface area contributed by atoms with Crippen LogP contribution in [0.25, 0.3) is 0 Å². The van der Waals surface area contributed by atoms with E-state index in [1.54, 1.807) is 0 Å². The first-order chi connectivity index (χ1) is 1.73. The fourth-order valence-corrected chi connectivity index (χ4v) is 0. The SMILES string of the molecule is [Na].[O]=[W](=[O])=[O]. The van der Waals surface area contributed by atoms with Crippen molar-refractivity contribution in [1.29, 1.82) is 0 Å².